The molecule has 2 rings (SSSR count). The number of hydrogen-bond donors (Lipinski definition) is 1. The predicted octanol–water partition coefficient (Wildman–Crippen LogP) is 1.57. The summed E-state index contributed by atoms with van der Waals surface area (Å²) in [5.41, 5.74) is 1.10. The second-order valence-electron chi connectivity index (χ2n) is 5.85. The maximum Gasteiger partial charge on any atom is 0.193 e. The Labute approximate surface area is 143 Å². The van der Waals surface area contributed by atoms with Crippen molar-refractivity contribution in [1.82, 2.24) is 20.1 Å². The molecule has 0 bridgehead atoms. The maximum absolute atomic E-state index is 5.37. The Morgan fingerprint density at radius 2 is 2.22 bits per heavy atom. The zero-order valence-corrected chi connectivity index (χ0v) is 15.4. The highest BCUT2D eigenvalue weighted by Crippen LogP contribution is 2.09. The average Bonchev–Trinajstić information content (AvgIpc) is 2.96. The van der Waals surface area contributed by atoms with E-state index in [9.17, 15) is 0 Å². The number of morpholine rings is 1. The molecule has 0 amide bonds. The summed E-state index contributed by atoms with van der Waals surface area (Å²) in [6, 6.07) is 0. The van der Waals surface area contributed by atoms with Crippen molar-refractivity contribution in [3.8, 4) is 0 Å². The SMILES string of the molecule is CN=C(NCCCCN1CCOCC1)N(C)Cc1csc(C)n1. The standard InChI is InChI=1S/C16H29N5OS/c1-14-19-15(13-23-14)12-20(3)16(17-2)18-6-4-5-7-21-8-10-22-11-9-21/h13H,4-12H2,1-3H3,(H,17,18). The van der Waals surface area contributed by atoms with Crippen LogP contribution >= 0.6 is 11.3 Å². The summed E-state index contributed by atoms with van der Waals surface area (Å²) < 4.78 is 5.37. The molecule has 1 aromatic rings. The van der Waals surface area contributed by atoms with Crippen molar-refractivity contribution in [1.29, 1.82) is 0 Å². The van der Waals surface area contributed by atoms with Crippen LogP contribution in [-0.4, -0.2) is 74.2 Å². The Hall–Kier alpha value is -1.18. The number of aromatic nitrogens is 1. The molecule has 1 aliphatic rings. The number of guanidine groups is 1. The van der Waals surface area contributed by atoms with E-state index >= 15 is 0 Å². The van der Waals surface area contributed by atoms with Crippen LogP contribution < -0.4 is 5.32 Å². The number of hydrogen-bond acceptors (Lipinski definition) is 5. The van der Waals surface area contributed by atoms with E-state index < -0.39 is 0 Å². The largest absolute Gasteiger partial charge is 0.379 e. The lowest BCUT2D eigenvalue weighted by Gasteiger charge is -2.26. The van der Waals surface area contributed by atoms with Crippen molar-refractivity contribution in [2.24, 2.45) is 4.99 Å². The lowest BCUT2D eigenvalue weighted by atomic mass is 10.2. The Bertz CT molecular complexity index is 485. The number of unbranched alkanes of at least 4 members (excludes halogenated alkanes) is 1. The Morgan fingerprint density at radius 1 is 1.43 bits per heavy atom. The molecule has 1 N–H and O–H groups in total. The minimum absolute atomic E-state index is 0.789. The van der Waals surface area contributed by atoms with E-state index in [1.807, 2.05) is 14.0 Å². The molecule has 6 nitrogen and oxygen atoms in total. The van der Waals surface area contributed by atoms with Crippen molar-refractivity contribution in [2.75, 3.05) is 53.5 Å². The van der Waals surface area contributed by atoms with Gasteiger partial charge < -0.3 is 15.0 Å². The van der Waals surface area contributed by atoms with Gasteiger partial charge in [0.25, 0.3) is 0 Å². The van der Waals surface area contributed by atoms with E-state index in [0.717, 1.165) is 69.0 Å². The van der Waals surface area contributed by atoms with Crippen LogP contribution in [0, 0.1) is 6.92 Å². The van der Waals surface area contributed by atoms with Crippen LogP contribution in [-0.2, 0) is 11.3 Å². The molecule has 130 valence electrons. The highest BCUT2D eigenvalue weighted by molar-refractivity contribution is 7.09. The third kappa shape index (κ3) is 6.45. The van der Waals surface area contributed by atoms with Crippen LogP contribution in [0.5, 0.6) is 0 Å². The Balaban J connectivity index is 1.62. The van der Waals surface area contributed by atoms with Gasteiger partial charge in [0, 0.05) is 39.1 Å². The third-order valence-corrected chi connectivity index (χ3v) is 4.75. The first kappa shape index (κ1) is 18.2. The minimum atomic E-state index is 0.789. The topological polar surface area (TPSA) is 53.0 Å². The summed E-state index contributed by atoms with van der Waals surface area (Å²) in [7, 11) is 3.89. The highest BCUT2D eigenvalue weighted by atomic mass is 32.1. The predicted molar refractivity (Wildman–Crippen MR) is 96.2 cm³/mol. The first-order chi connectivity index (χ1) is 11.2. The van der Waals surface area contributed by atoms with E-state index in [4.69, 9.17) is 4.74 Å². The van der Waals surface area contributed by atoms with Crippen molar-refractivity contribution >= 4 is 17.3 Å². The van der Waals surface area contributed by atoms with Gasteiger partial charge in [-0.1, -0.05) is 0 Å². The van der Waals surface area contributed by atoms with Gasteiger partial charge in [0.05, 0.1) is 30.5 Å². The number of rotatable bonds is 7. The molecular formula is C16H29N5OS. The van der Waals surface area contributed by atoms with E-state index in [-0.39, 0.29) is 0 Å². The fourth-order valence-electron chi connectivity index (χ4n) is 2.67. The normalized spacial score (nSPS) is 16.6. The second-order valence-corrected chi connectivity index (χ2v) is 6.91. The number of ether oxygens (including phenoxy) is 1. The maximum atomic E-state index is 5.37. The fraction of sp³-hybridized carbons (Fsp3) is 0.750. The molecule has 0 aliphatic carbocycles. The molecule has 1 saturated heterocycles. The molecule has 0 radical (unpaired) electrons. The fourth-order valence-corrected chi connectivity index (χ4v) is 3.27. The molecule has 7 heteroatoms. The van der Waals surface area contributed by atoms with Gasteiger partial charge in [-0.3, -0.25) is 9.89 Å². The quantitative estimate of drug-likeness (QED) is 0.464. The minimum Gasteiger partial charge on any atom is -0.379 e. The van der Waals surface area contributed by atoms with E-state index in [2.05, 4.69) is 37.5 Å². The van der Waals surface area contributed by atoms with E-state index in [1.54, 1.807) is 11.3 Å². The monoisotopic (exact) mass is 339 g/mol. The van der Waals surface area contributed by atoms with Crippen LogP contribution in [0.15, 0.2) is 10.4 Å². The molecular weight excluding hydrogens is 310 g/mol. The molecule has 1 aromatic heterocycles. The van der Waals surface area contributed by atoms with Crippen LogP contribution in [0.4, 0.5) is 0 Å². The number of thiazole rings is 1. The lowest BCUT2D eigenvalue weighted by molar-refractivity contribution is 0.0372. The molecule has 0 unspecified atom stereocenters. The van der Waals surface area contributed by atoms with Gasteiger partial charge in [-0.25, -0.2) is 4.98 Å². The Morgan fingerprint density at radius 3 is 2.87 bits per heavy atom. The van der Waals surface area contributed by atoms with Crippen molar-refractivity contribution in [3.63, 3.8) is 0 Å². The van der Waals surface area contributed by atoms with Gasteiger partial charge in [0.1, 0.15) is 0 Å². The first-order valence-corrected chi connectivity index (χ1v) is 9.20. The summed E-state index contributed by atoms with van der Waals surface area (Å²) in [5.74, 6) is 0.932. The molecule has 1 aliphatic heterocycles. The molecule has 0 saturated carbocycles. The highest BCUT2D eigenvalue weighted by Gasteiger charge is 2.10. The van der Waals surface area contributed by atoms with Gasteiger partial charge in [-0.2, -0.15) is 0 Å². The summed E-state index contributed by atoms with van der Waals surface area (Å²) in [6.07, 6.45) is 2.36. The van der Waals surface area contributed by atoms with Gasteiger partial charge in [-0.15, -0.1) is 11.3 Å². The van der Waals surface area contributed by atoms with Crippen molar-refractivity contribution in [2.45, 2.75) is 26.3 Å². The molecule has 0 atom stereocenters. The first-order valence-electron chi connectivity index (χ1n) is 8.32. The average molecular weight is 340 g/mol. The van der Waals surface area contributed by atoms with Crippen LogP contribution in [0.25, 0.3) is 0 Å². The summed E-state index contributed by atoms with van der Waals surface area (Å²) >= 11 is 1.69. The number of nitrogens with zero attached hydrogens (tertiary/aromatic N) is 4. The van der Waals surface area contributed by atoms with E-state index in [0.29, 0.717) is 0 Å². The van der Waals surface area contributed by atoms with Crippen LogP contribution in [0.2, 0.25) is 0 Å². The second kappa shape index (κ2) is 9.85. The zero-order chi connectivity index (χ0) is 16.5. The number of nitrogens with one attached hydrogen (secondary N) is 1. The third-order valence-electron chi connectivity index (χ3n) is 3.93. The zero-order valence-electron chi connectivity index (χ0n) is 14.5. The summed E-state index contributed by atoms with van der Waals surface area (Å²) in [5, 5.41) is 6.67. The Kier molecular flexibility index (Phi) is 7.78. The molecule has 0 aromatic carbocycles. The van der Waals surface area contributed by atoms with E-state index in [1.165, 1.54) is 6.42 Å². The summed E-state index contributed by atoms with van der Waals surface area (Å²) in [6.45, 7) is 8.86. The number of aliphatic imine (C=N–C) groups is 1. The van der Waals surface area contributed by atoms with Crippen LogP contribution in [0.3, 0.4) is 0 Å². The lowest BCUT2D eigenvalue weighted by Crippen LogP contribution is -2.39. The molecule has 1 fully saturated rings. The molecule has 2 heterocycles. The smallest absolute Gasteiger partial charge is 0.193 e. The molecule has 23 heavy (non-hydrogen) atoms. The van der Waals surface area contributed by atoms with Crippen molar-refractivity contribution in [3.05, 3.63) is 16.1 Å². The van der Waals surface area contributed by atoms with Crippen molar-refractivity contribution < 1.29 is 4.74 Å². The number of aryl methyl sites for hydroxylation is 1. The van der Waals surface area contributed by atoms with Crippen LogP contribution in [0.1, 0.15) is 23.5 Å². The summed E-state index contributed by atoms with van der Waals surface area (Å²) in [4.78, 5) is 13.5. The molecule has 0 spiro atoms. The van der Waals surface area contributed by atoms with Gasteiger partial charge in [0.15, 0.2) is 5.96 Å². The van der Waals surface area contributed by atoms with Gasteiger partial charge in [0.2, 0.25) is 0 Å². The van der Waals surface area contributed by atoms with Gasteiger partial charge >= 0.3 is 0 Å². The van der Waals surface area contributed by atoms with Gasteiger partial charge in [-0.05, 0) is 26.3 Å².